The summed E-state index contributed by atoms with van der Waals surface area (Å²) in [5.41, 5.74) is 1.42. The van der Waals surface area contributed by atoms with E-state index in [0.717, 1.165) is 12.0 Å². The quantitative estimate of drug-likeness (QED) is 0.777. The predicted octanol–water partition coefficient (Wildman–Crippen LogP) is 2.40. The topological polar surface area (TPSA) is 61.9 Å². The number of carbonyl (C=O) groups is 2. The first-order chi connectivity index (χ1) is 11.3. The van der Waals surface area contributed by atoms with Crippen LogP contribution in [0.1, 0.15) is 18.9 Å². The Hall–Kier alpha value is -1.79. The number of likely N-dealkylation sites (N-methyl/N-ethyl adjacent to an activating group) is 1. The maximum absolute atomic E-state index is 12.3. The summed E-state index contributed by atoms with van der Waals surface area (Å²) in [4.78, 5) is 27.6. The average molecular weight is 356 g/mol. The lowest BCUT2D eigenvalue weighted by Crippen LogP contribution is -2.41. The number of rotatable bonds is 8. The molecule has 1 aromatic rings. The molecule has 0 bridgehead atoms. The van der Waals surface area contributed by atoms with E-state index in [1.54, 1.807) is 26.2 Å². The second-order valence-electron chi connectivity index (χ2n) is 5.85. The molecule has 0 fully saturated rings. The van der Waals surface area contributed by atoms with Crippen molar-refractivity contribution in [2.75, 3.05) is 46.2 Å². The molecule has 134 valence electrons. The Kier molecular flexibility index (Phi) is 8.01. The van der Waals surface area contributed by atoms with Gasteiger partial charge in [0.15, 0.2) is 0 Å². The number of ether oxygens (including phenoxy) is 1. The number of carbonyl (C=O) groups excluding carboxylic acids is 2. The monoisotopic (exact) mass is 355 g/mol. The minimum absolute atomic E-state index is 0.0313. The van der Waals surface area contributed by atoms with E-state index >= 15 is 0 Å². The van der Waals surface area contributed by atoms with Gasteiger partial charge < -0.3 is 15.0 Å². The van der Waals surface area contributed by atoms with E-state index in [1.165, 1.54) is 12.0 Å². The minimum Gasteiger partial charge on any atom is -0.495 e. The number of hydrogen-bond acceptors (Lipinski definition) is 4. The Balaban J connectivity index is 2.79. The van der Waals surface area contributed by atoms with Gasteiger partial charge in [-0.05, 0) is 31.5 Å². The van der Waals surface area contributed by atoms with Gasteiger partial charge in [-0.15, -0.1) is 0 Å². The molecular formula is C17H26ClN3O3. The molecule has 1 rings (SSSR count). The zero-order chi connectivity index (χ0) is 18.3. The fraction of sp³-hybridized carbons (Fsp3) is 0.529. The van der Waals surface area contributed by atoms with Gasteiger partial charge in [0.1, 0.15) is 5.75 Å². The summed E-state index contributed by atoms with van der Waals surface area (Å²) < 4.78 is 5.26. The van der Waals surface area contributed by atoms with Gasteiger partial charge in [0.25, 0.3) is 0 Å². The van der Waals surface area contributed by atoms with Crippen molar-refractivity contribution in [1.29, 1.82) is 0 Å². The average Bonchev–Trinajstić information content (AvgIpc) is 2.50. The number of aryl methyl sites for hydroxylation is 1. The molecule has 2 amide bonds. The van der Waals surface area contributed by atoms with Gasteiger partial charge in [0.05, 0.1) is 25.9 Å². The first-order valence-electron chi connectivity index (χ1n) is 7.85. The van der Waals surface area contributed by atoms with Crippen molar-refractivity contribution in [3.8, 4) is 5.75 Å². The third kappa shape index (κ3) is 6.02. The molecule has 0 aliphatic heterocycles. The molecule has 0 saturated heterocycles. The van der Waals surface area contributed by atoms with Gasteiger partial charge in [-0.3, -0.25) is 14.5 Å². The summed E-state index contributed by atoms with van der Waals surface area (Å²) in [6.45, 7) is 4.89. The molecule has 0 radical (unpaired) electrons. The first kappa shape index (κ1) is 20.3. The molecular weight excluding hydrogens is 330 g/mol. The summed E-state index contributed by atoms with van der Waals surface area (Å²) in [5, 5.41) is 3.41. The standard InChI is InChI=1S/C17H26ClN3O3/c1-6-7-21(11-17(23)20(3)4)10-16(22)19-14-8-12(2)13(18)9-15(14)24-5/h8-9H,6-7,10-11H2,1-5H3,(H,19,22). The second kappa shape index (κ2) is 9.49. The van der Waals surface area contributed by atoms with E-state index in [-0.39, 0.29) is 24.9 Å². The SMILES string of the molecule is CCCN(CC(=O)Nc1cc(C)c(Cl)cc1OC)CC(=O)N(C)C. The Labute approximate surface area is 148 Å². The lowest BCUT2D eigenvalue weighted by Gasteiger charge is -2.22. The van der Waals surface area contributed by atoms with Gasteiger partial charge >= 0.3 is 0 Å². The lowest BCUT2D eigenvalue weighted by molar-refractivity contribution is -0.130. The second-order valence-corrected chi connectivity index (χ2v) is 6.26. The maximum atomic E-state index is 12.3. The summed E-state index contributed by atoms with van der Waals surface area (Å²) >= 11 is 6.07. The van der Waals surface area contributed by atoms with Crippen molar-refractivity contribution < 1.29 is 14.3 Å². The van der Waals surface area contributed by atoms with Gasteiger partial charge in [0.2, 0.25) is 11.8 Å². The lowest BCUT2D eigenvalue weighted by atomic mass is 10.2. The first-order valence-corrected chi connectivity index (χ1v) is 8.22. The van der Waals surface area contributed by atoms with Crippen LogP contribution >= 0.6 is 11.6 Å². The third-order valence-corrected chi connectivity index (χ3v) is 3.93. The number of nitrogens with one attached hydrogen (secondary N) is 1. The van der Waals surface area contributed by atoms with E-state index in [2.05, 4.69) is 5.32 Å². The molecule has 0 atom stereocenters. The van der Waals surface area contributed by atoms with Crippen molar-refractivity contribution in [3.05, 3.63) is 22.7 Å². The highest BCUT2D eigenvalue weighted by molar-refractivity contribution is 6.31. The van der Waals surface area contributed by atoms with Gasteiger partial charge in [-0.25, -0.2) is 0 Å². The molecule has 0 unspecified atom stereocenters. The molecule has 24 heavy (non-hydrogen) atoms. The van der Waals surface area contributed by atoms with Gasteiger partial charge in [-0.2, -0.15) is 0 Å². The van der Waals surface area contributed by atoms with Crippen LogP contribution in [0.4, 0.5) is 5.69 Å². The molecule has 7 heteroatoms. The molecule has 6 nitrogen and oxygen atoms in total. The van der Waals surface area contributed by atoms with Crippen LogP contribution in [0.25, 0.3) is 0 Å². The van der Waals surface area contributed by atoms with Gasteiger partial charge in [-0.1, -0.05) is 18.5 Å². The highest BCUT2D eigenvalue weighted by Crippen LogP contribution is 2.30. The number of benzene rings is 1. The highest BCUT2D eigenvalue weighted by Gasteiger charge is 2.16. The van der Waals surface area contributed by atoms with Crippen molar-refractivity contribution in [3.63, 3.8) is 0 Å². The number of hydrogen-bond donors (Lipinski definition) is 1. The highest BCUT2D eigenvalue weighted by atomic mass is 35.5. The predicted molar refractivity (Wildman–Crippen MR) is 96.8 cm³/mol. The number of halogens is 1. The number of nitrogens with zero attached hydrogens (tertiary/aromatic N) is 2. The smallest absolute Gasteiger partial charge is 0.238 e. The zero-order valence-corrected chi connectivity index (χ0v) is 15.7. The van der Waals surface area contributed by atoms with Crippen LogP contribution in [-0.4, -0.2) is 62.5 Å². The fourth-order valence-corrected chi connectivity index (χ4v) is 2.34. The number of amides is 2. The summed E-state index contributed by atoms with van der Waals surface area (Å²) in [6.07, 6.45) is 0.858. The zero-order valence-electron chi connectivity index (χ0n) is 15.0. The maximum Gasteiger partial charge on any atom is 0.238 e. The van der Waals surface area contributed by atoms with Crippen LogP contribution < -0.4 is 10.1 Å². The van der Waals surface area contributed by atoms with E-state index < -0.39 is 0 Å². The molecule has 0 aliphatic rings. The van der Waals surface area contributed by atoms with Crippen molar-refractivity contribution >= 4 is 29.1 Å². The largest absolute Gasteiger partial charge is 0.495 e. The van der Waals surface area contributed by atoms with Crippen LogP contribution in [0.15, 0.2) is 12.1 Å². The molecule has 0 spiro atoms. The molecule has 1 aromatic carbocycles. The summed E-state index contributed by atoms with van der Waals surface area (Å²) in [6, 6.07) is 3.44. The van der Waals surface area contributed by atoms with Crippen LogP contribution in [0.2, 0.25) is 5.02 Å². The number of anilines is 1. The molecule has 0 saturated carbocycles. The number of methoxy groups -OCH3 is 1. The Bertz CT molecular complexity index is 591. The van der Waals surface area contributed by atoms with Crippen LogP contribution in [0, 0.1) is 6.92 Å². The molecule has 0 aromatic heterocycles. The van der Waals surface area contributed by atoms with Gasteiger partial charge in [0, 0.05) is 25.2 Å². The molecule has 0 aliphatic carbocycles. The van der Waals surface area contributed by atoms with Crippen LogP contribution in [-0.2, 0) is 9.59 Å². The van der Waals surface area contributed by atoms with Crippen molar-refractivity contribution in [1.82, 2.24) is 9.80 Å². The Morgan fingerprint density at radius 1 is 1.25 bits per heavy atom. The van der Waals surface area contributed by atoms with E-state index in [4.69, 9.17) is 16.3 Å². The van der Waals surface area contributed by atoms with Crippen LogP contribution in [0.5, 0.6) is 5.75 Å². The van der Waals surface area contributed by atoms with E-state index in [0.29, 0.717) is 23.0 Å². The molecule has 0 heterocycles. The van der Waals surface area contributed by atoms with E-state index in [1.807, 2.05) is 18.7 Å². The summed E-state index contributed by atoms with van der Waals surface area (Å²) in [7, 11) is 4.93. The van der Waals surface area contributed by atoms with Crippen molar-refractivity contribution in [2.45, 2.75) is 20.3 Å². The summed E-state index contributed by atoms with van der Waals surface area (Å²) in [5.74, 6) is 0.275. The molecule has 1 N–H and O–H groups in total. The fourth-order valence-electron chi connectivity index (χ4n) is 2.19. The third-order valence-electron chi connectivity index (χ3n) is 3.52. The Morgan fingerprint density at radius 2 is 1.92 bits per heavy atom. The van der Waals surface area contributed by atoms with Crippen LogP contribution in [0.3, 0.4) is 0 Å². The minimum atomic E-state index is -0.199. The van der Waals surface area contributed by atoms with Crippen molar-refractivity contribution in [2.24, 2.45) is 0 Å². The Morgan fingerprint density at radius 3 is 2.46 bits per heavy atom. The normalized spacial score (nSPS) is 10.6. The van der Waals surface area contributed by atoms with E-state index in [9.17, 15) is 9.59 Å².